The summed E-state index contributed by atoms with van der Waals surface area (Å²) in [5, 5.41) is 18.2. The Kier molecular flexibility index (Phi) is 2.52. The Morgan fingerprint density at radius 3 is 2.80 bits per heavy atom. The highest BCUT2D eigenvalue weighted by molar-refractivity contribution is 9.10. The Balaban J connectivity index is 2.62. The predicted molar refractivity (Wildman–Crippen MR) is 54.5 cm³/mol. The zero-order valence-corrected chi connectivity index (χ0v) is 9.21. The first-order chi connectivity index (χ1) is 7.00. The summed E-state index contributed by atoms with van der Waals surface area (Å²) in [6.45, 7) is 0. The van der Waals surface area contributed by atoms with E-state index >= 15 is 0 Å². The molecule has 0 spiro atoms. The summed E-state index contributed by atoms with van der Waals surface area (Å²) in [6.07, 6.45) is -0.0371. The van der Waals surface area contributed by atoms with Crippen LogP contribution in [0.4, 0.5) is 4.39 Å². The van der Waals surface area contributed by atoms with Crippen LogP contribution in [0.2, 0.25) is 0 Å². The Hall–Kier alpha value is -0.940. The molecule has 0 amide bonds. The van der Waals surface area contributed by atoms with Crippen molar-refractivity contribution < 1.29 is 19.4 Å². The van der Waals surface area contributed by atoms with Crippen molar-refractivity contribution in [2.24, 2.45) is 0 Å². The molecule has 1 aromatic rings. The monoisotopic (exact) mass is 274 g/mol. The van der Waals surface area contributed by atoms with Gasteiger partial charge in [0.05, 0.1) is 16.1 Å². The van der Waals surface area contributed by atoms with Crippen LogP contribution in [0.25, 0.3) is 0 Å². The first-order valence-electron chi connectivity index (χ1n) is 4.41. The van der Waals surface area contributed by atoms with E-state index in [1.807, 2.05) is 0 Å². The Labute approximate surface area is 93.7 Å². The van der Waals surface area contributed by atoms with Gasteiger partial charge in [0.15, 0.2) is 0 Å². The van der Waals surface area contributed by atoms with Gasteiger partial charge in [0.2, 0.25) is 0 Å². The Morgan fingerprint density at radius 2 is 2.20 bits per heavy atom. The van der Waals surface area contributed by atoms with E-state index in [1.165, 1.54) is 6.07 Å². The molecule has 0 aliphatic heterocycles. The van der Waals surface area contributed by atoms with Gasteiger partial charge in [-0.1, -0.05) is 0 Å². The first-order valence-corrected chi connectivity index (χ1v) is 5.21. The fourth-order valence-corrected chi connectivity index (χ4v) is 2.36. The van der Waals surface area contributed by atoms with Crippen molar-refractivity contribution in [2.45, 2.75) is 18.9 Å². The second-order valence-corrected chi connectivity index (χ2v) is 4.35. The average molecular weight is 275 g/mol. The molecule has 0 aromatic heterocycles. The zero-order chi connectivity index (χ0) is 11.2. The van der Waals surface area contributed by atoms with Crippen LogP contribution >= 0.6 is 15.9 Å². The molecule has 2 N–H and O–H groups in total. The number of aliphatic hydroxyl groups excluding tert-OH is 1. The second-order valence-electron chi connectivity index (χ2n) is 3.56. The normalized spacial score (nSPS) is 19.0. The summed E-state index contributed by atoms with van der Waals surface area (Å²) in [5.74, 6) is -1.74. The molecule has 0 saturated carbocycles. The summed E-state index contributed by atoms with van der Waals surface area (Å²) in [4.78, 5) is 10.8. The van der Waals surface area contributed by atoms with Gasteiger partial charge in [-0.2, -0.15) is 0 Å². The lowest BCUT2D eigenvalue weighted by Crippen LogP contribution is -2.04. The van der Waals surface area contributed by atoms with Gasteiger partial charge in [-0.05, 0) is 39.5 Å². The Morgan fingerprint density at radius 1 is 1.53 bits per heavy atom. The minimum atomic E-state index is -1.18. The van der Waals surface area contributed by atoms with Gasteiger partial charge in [-0.15, -0.1) is 0 Å². The molecule has 0 fully saturated rings. The molecule has 0 saturated heterocycles. The van der Waals surface area contributed by atoms with Crippen LogP contribution in [0.15, 0.2) is 10.5 Å². The van der Waals surface area contributed by atoms with Crippen molar-refractivity contribution in [3.63, 3.8) is 0 Å². The van der Waals surface area contributed by atoms with Gasteiger partial charge in [-0.3, -0.25) is 0 Å². The van der Waals surface area contributed by atoms with Gasteiger partial charge >= 0.3 is 5.97 Å². The highest BCUT2D eigenvalue weighted by Gasteiger charge is 2.27. The van der Waals surface area contributed by atoms with Crippen LogP contribution in [0, 0.1) is 5.82 Å². The van der Waals surface area contributed by atoms with Crippen LogP contribution in [-0.2, 0) is 12.8 Å². The minimum absolute atomic E-state index is 0.0390. The predicted octanol–water partition coefficient (Wildman–Crippen LogP) is 1.75. The lowest BCUT2D eigenvalue weighted by atomic mass is 10.1. The molecule has 15 heavy (non-hydrogen) atoms. The molecule has 5 heteroatoms. The summed E-state index contributed by atoms with van der Waals surface area (Å²) < 4.78 is 13.6. The third-order valence-corrected chi connectivity index (χ3v) is 3.30. The van der Waals surface area contributed by atoms with Crippen LogP contribution in [0.1, 0.15) is 21.5 Å². The molecule has 0 bridgehead atoms. The molecule has 80 valence electrons. The highest BCUT2D eigenvalue weighted by Crippen LogP contribution is 2.32. The van der Waals surface area contributed by atoms with E-state index in [9.17, 15) is 14.3 Å². The topological polar surface area (TPSA) is 57.5 Å². The number of hydrogen-bond acceptors (Lipinski definition) is 2. The van der Waals surface area contributed by atoms with Crippen molar-refractivity contribution in [3.05, 3.63) is 33.0 Å². The maximum absolute atomic E-state index is 13.7. The number of carboxylic acids is 1. The molecule has 1 unspecified atom stereocenters. The number of rotatable bonds is 1. The van der Waals surface area contributed by atoms with Gasteiger partial charge in [0, 0.05) is 6.42 Å². The zero-order valence-electron chi connectivity index (χ0n) is 7.63. The molecule has 3 nitrogen and oxygen atoms in total. The lowest BCUT2D eigenvalue weighted by molar-refractivity contribution is 0.0695. The summed E-state index contributed by atoms with van der Waals surface area (Å²) in [7, 11) is 0. The molecule has 1 atom stereocenters. The van der Waals surface area contributed by atoms with E-state index in [0.29, 0.717) is 17.5 Å². The average Bonchev–Trinajstić information content (AvgIpc) is 2.52. The smallest absolute Gasteiger partial charge is 0.336 e. The fraction of sp³-hybridized carbons (Fsp3) is 0.300. The molecule has 0 radical (unpaired) electrons. The lowest BCUT2D eigenvalue weighted by Gasteiger charge is -2.06. The van der Waals surface area contributed by atoms with Crippen molar-refractivity contribution in [1.29, 1.82) is 0 Å². The van der Waals surface area contributed by atoms with Gasteiger partial charge < -0.3 is 10.2 Å². The van der Waals surface area contributed by atoms with Crippen LogP contribution < -0.4 is 0 Å². The number of aromatic carboxylic acids is 1. The number of halogens is 2. The summed E-state index contributed by atoms with van der Waals surface area (Å²) in [5.41, 5.74) is 0.903. The summed E-state index contributed by atoms with van der Waals surface area (Å²) >= 11 is 2.92. The van der Waals surface area contributed by atoms with Crippen molar-refractivity contribution in [1.82, 2.24) is 0 Å². The molecule has 1 aliphatic carbocycles. The molecule has 1 aromatic carbocycles. The first kappa shape index (κ1) is 10.6. The van der Waals surface area contributed by atoms with Gasteiger partial charge in [0.1, 0.15) is 5.82 Å². The largest absolute Gasteiger partial charge is 0.478 e. The SMILES string of the molecule is O=C(O)c1cc2c(c(F)c1Br)CC(O)C2. The van der Waals surface area contributed by atoms with Gasteiger partial charge in [-0.25, -0.2) is 9.18 Å². The number of carboxylic acid groups (broad SMARTS) is 1. The van der Waals surface area contributed by atoms with E-state index in [-0.39, 0.29) is 16.5 Å². The van der Waals surface area contributed by atoms with Gasteiger partial charge in [0.25, 0.3) is 0 Å². The highest BCUT2D eigenvalue weighted by atomic mass is 79.9. The number of fused-ring (bicyclic) bond motifs is 1. The van der Waals surface area contributed by atoms with Crippen molar-refractivity contribution >= 4 is 21.9 Å². The van der Waals surface area contributed by atoms with Crippen molar-refractivity contribution in [3.8, 4) is 0 Å². The minimum Gasteiger partial charge on any atom is -0.478 e. The molecular formula is C10H8BrFO3. The van der Waals surface area contributed by atoms with Crippen LogP contribution in [-0.4, -0.2) is 22.3 Å². The summed E-state index contributed by atoms with van der Waals surface area (Å²) in [6, 6.07) is 1.42. The van der Waals surface area contributed by atoms with Crippen LogP contribution in [0.3, 0.4) is 0 Å². The van der Waals surface area contributed by atoms with E-state index in [1.54, 1.807) is 0 Å². The number of aliphatic hydroxyl groups is 1. The molecule has 1 aliphatic rings. The second kappa shape index (κ2) is 3.57. The van der Waals surface area contributed by atoms with E-state index < -0.39 is 17.9 Å². The maximum Gasteiger partial charge on any atom is 0.336 e. The van der Waals surface area contributed by atoms with E-state index in [4.69, 9.17) is 5.11 Å². The third kappa shape index (κ3) is 1.66. The molecule has 0 heterocycles. The van der Waals surface area contributed by atoms with E-state index in [2.05, 4.69) is 15.9 Å². The van der Waals surface area contributed by atoms with Crippen molar-refractivity contribution in [2.75, 3.05) is 0 Å². The third-order valence-electron chi connectivity index (χ3n) is 2.53. The maximum atomic E-state index is 13.7. The number of benzene rings is 1. The Bertz CT molecular complexity index is 445. The number of carbonyl (C=O) groups is 1. The van der Waals surface area contributed by atoms with E-state index in [0.717, 1.165) is 0 Å². The molecule has 2 rings (SSSR count). The standard InChI is InChI=1S/C10H8BrFO3/c11-8-7(10(14)15)2-4-1-5(13)3-6(4)9(8)12/h2,5,13H,1,3H2,(H,14,15). The van der Waals surface area contributed by atoms with Crippen LogP contribution in [0.5, 0.6) is 0 Å². The fourth-order valence-electron chi connectivity index (χ4n) is 1.84. The quantitative estimate of drug-likeness (QED) is 0.820. The molecular weight excluding hydrogens is 267 g/mol. The number of hydrogen-bond donors (Lipinski definition) is 2.